The maximum Gasteiger partial charge on any atom is 0.408 e. The molecule has 4 nitrogen and oxygen atoms in total. The summed E-state index contributed by atoms with van der Waals surface area (Å²) in [7, 11) is 0. The first-order chi connectivity index (χ1) is 6.39. The largest absolute Gasteiger partial charge is 0.444 e. The SMILES string of the molecule is C=CC[C@@H](C=O)NC(=O)OC(C)(C)C. The molecular formula is C10H17NO3. The predicted molar refractivity (Wildman–Crippen MR) is 54.0 cm³/mol. The minimum atomic E-state index is -0.587. The molecule has 0 spiro atoms. The Bertz CT molecular complexity index is 218. The van der Waals surface area contributed by atoms with Crippen LogP contribution >= 0.6 is 0 Å². The summed E-state index contributed by atoms with van der Waals surface area (Å²) in [6, 6.07) is -0.553. The quantitative estimate of drug-likeness (QED) is 0.553. The van der Waals surface area contributed by atoms with Crippen molar-refractivity contribution in [1.29, 1.82) is 0 Å². The topological polar surface area (TPSA) is 55.4 Å². The number of carbonyl (C=O) groups is 2. The summed E-state index contributed by atoms with van der Waals surface area (Å²) in [5.74, 6) is 0. The van der Waals surface area contributed by atoms with Crippen LogP contribution in [-0.2, 0) is 9.53 Å². The second-order valence-electron chi connectivity index (χ2n) is 3.91. The smallest absolute Gasteiger partial charge is 0.408 e. The number of ether oxygens (including phenoxy) is 1. The molecule has 0 aliphatic heterocycles. The fourth-order valence-electron chi connectivity index (χ4n) is 0.787. The summed E-state index contributed by atoms with van der Waals surface area (Å²) < 4.78 is 4.97. The summed E-state index contributed by atoms with van der Waals surface area (Å²) in [6.45, 7) is 8.76. The molecule has 0 radical (unpaired) electrons. The molecule has 0 aliphatic carbocycles. The maximum absolute atomic E-state index is 11.2. The Balaban J connectivity index is 4.03. The zero-order chi connectivity index (χ0) is 11.2. The molecule has 0 bridgehead atoms. The van der Waals surface area contributed by atoms with E-state index in [1.807, 2.05) is 0 Å². The third-order valence-electron chi connectivity index (χ3n) is 1.29. The molecule has 0 aromatic heterocycles. The van der Waals surface area contributed by atoms with Crippen LogP contribution in [0.3, 0.4) is 0 Å². The summed E-state index contributed by atoms with van der Waals surface area (Å²) in [5, 5.41) is 2.42. The van der Waals surface area contributed by atoms with E-state index < -0.39 is 17.7 Å². The fourth-order valence-corrected chi connectivity index (χ4v) is 0.787. The highest BCUT2D eigenvalue weighted by Crippen LogP contribution is 2.06. The van der Waals surface area contributed by atoms with Crippen LogP contribution in [0.2, 0.25) is 0 Å². The molecule has 0 aromatic rings. The van der Waals surface area contributed by atoms with Crippen molar-refractivity contribution in [3.8, 4) is 0 Å². The molecule has 0 aliphatic rings. The lowest BCUT2D eigenvalue weighted by atomic mass is 10.2. The standard InChI is InChI=1S/C10H17NO3/c1-5-6-8(7-12)11-9(13)14-10(2,3)4/h5,7-8H,1,6H2,2-4H3,(H,11,13)/t8-/m0/s1. The van der Waals surface area contributed by atoms with Gasteiger partial charge in [0.2, 0.25) is 0 Å². The van der Waals surface area contributed by atoms with E-state index in [2.05, 4.69) is 11.9 Å². The molecule has 0 unspecified atom stereocenters. The van der Waals surface area contributed by atoms with Crippen LogP contribution in [0.1, 0.15) is 27.2 Å². The van der Waals surface area contributed by atoms with Gasteiger partial charge < -0.3 is 14.8 Å². The van der Waals surface area contributed by atoms with Gasteiger partial charge in [-0.25, -0.2) is 4.79 Å². The third kappa shape index (κ3) is 6.22. The Morgan fingerprint density at radius 1 is 1.57 bits per heavy atom. The molecule has 80 valence electrons. The molecule has 1 amide bonds. The van der Waals surface area contributed by atoms with Crippen LogP contribution in [0.5, 0.6) is 0 Å². The monoisotopic (exact) mass is 199 g/mol. The van der Waals surface area contributed by atoms with Crippen LogP contribution in [0, 0.1) is 0 Å². The van der Waals surface area contributed by atoms with Crippen molar-refractivity contribution in [3.63, 3.8) is 0 Å². The van der Waals surface area contributed by atoms with Crippen LogP contribution in [0.4, 0.5) is 4.79 Å². The summed E-state index contributed by atoms with van der Waals surface area (Å²) in [5.41, 5.74) is -0.550. The van der Waals surface area contributed by atoms with E-state index in [1.165, 1.54) is 0 Å². The fraction of sp³-hybridized carbons (Fsp3) is 0.600. The molecule has 0 heterocycles. The van der Waals surface area contributed by atoms with E-state index in [1.54, 1.807) is 26.8 Å². The minimum Gasteiger partial charge on any atom is -0.444 e. The minimum absolute atomic E-state index is 0.405. The zero-order valence-electron chi connectivity index (χ0n) is 8.87. The van der Waals surface area contributed by atoms with Gasteiger partial charge in [-0.05, 0) is 27.2 Å². The van der Waals surface area contributed by atoms with Crippen LogP contribution in [0.15, 0.2) is 12.7 Å². The number of nitrogens with one attached hydrogen (secondary N) is 1. The Labute approximate surface area is 84.3 Å². The first kappa shape index (κ1) is 12.7. The molecule has 14 heavy (non-hydrogen) atoms. The van der Waals surface area contributed by atoms with Crippen LogP contribution in [0.25, 0.3) is 0 Å². The third-order valence-corrected chi connectivity index (χ3v) is 1.29. The number of aldehydes is 1. The molecule has 1 atom stereocenters. The lowest BCUT2D eigenvalue weighted by Crippen LogP contribution is -2.39. The number of rotatable bonds is 4. The average Bonchev–Trinajstić information content (AvgIpc) is 2.00. The van der Waals surface area contributed by atoms with E-state index >= 15 is 0 Å². The Hall–Kier alpha value is -1.32. The zero-order valence-corrected chi connectivity index (χ0v) is 8.87. The molecule has 0 saturated carbocycles. The van der Waals surface area contributed by atoms with E-state index in [9.17, 15) is 9.59 Å². The van der Waals surface area contributed by atoms with Crippen molar-refractivity contribution >= 4 is 12.4 Å². The van der Waals surface area contributed by atoms with Gasteiger partial charge in [0.15, 0.2) is 0 Å². The highest BCUT2D eigenvalue weighted by Gasteiger charge is 2.18. The molecule has 0 aromatic carbocycles. The lowest BCUT2D eigenvalue weighted by Gasteiger charge is -2.21. The molecule has 4 heteroatoms. The van der Waals surface area contributed by atoms with Crippen LogP contribution < -0.4 is 5.32 Å². The van der Waals surface area contributed by atoms with Gasteiger partial charge in [-0.15, -0.1) is 6.58 Å². The van der Waals surface area contributed by atoms with Crippen molar-refractivity contribution < 1.29 is 14.3 Å². The molecule has 0 fully saturated rings. The number of amides is 1. The van der Waals surface area contributed by atoms with Crippen LogP contribution in [-0.4, -0.2) is 24.0 Å². The van der Waals surface area contributed by atoms with E-state index in [4.69, 9.17) is 4.74 Å². The van der Waals surface area contributed by atoms with Gasteiger partial charge in [0.25, 0.3) is 0 Å². The van der Waals surface area contributed by atoms with Crippen molar-refractivity contribution in [2.75, 3.05) is 0 Å². The van der Waals surface area contributed by atoms with Gasteiger partial charge in [-0.2, -0.15) is 0 Å². The number of carbonyl (C=O) groups excluding carboxylic acids is 2. The number of alkyl carbamates (subject to hydrolysis) is 1. The molecule has 0 saturated heterocycles. The summed E-state index contributed by atoms with van der Waals surface area (Å²) >= 11 is 0. The molecule has 0 rings (SSSR count). The molecular weight excluding hydrogens is 182 g/mol. The average molecular weight is 199 g/mol. The van der Waals surface area contributed by atoms with Gasteiger partial charge in [-0.3, -0.25) is 0 Å². The Morgan fingerprint density at radius 3 is 2.50 bits per heavy atom. The first-order valence-electron chi connectivity index (χ1n) is 4.44. The van der Waals surface area contributed by atoms with Gasteiger partial charge >= 0.3 is 6.09 Å². The first-order valence-corrected chi connectivity index (χ1v) is 4.44. The van der Waals surface area contributed by atoms with Gasteiger partial charge in [0.1, 0.15) is 11.9 Å². The summed E-state index contributed by atoms with van der Waals surface area (Å²) in [6.07, 6.45) is 2.04. The molecule has 1 N–H and O–H groups in total. The Kier molecular flexibility index (Phi) is 4.91. The van der Waals surface area contributed by atoms with Gasteiger partial charge in [0, 0.05) is 0 Å². The van der Waals surface area contributed by atoms with E-state index in [-0.39, 0.29) is 0 Å². The highest BCUT2D eigenvalue weighted by atomic mass is 16.6. The predicted octanol–water partition coefficient (Wildman–Crippen LogP) is 1.65. The highest BCUT2D eigenvalue weighted by molar-refractivity contribution is 5.73. The second-order valence-corrected chi connectivity index (χ2v) is 3.91. The van der Waals surface area contributed by atoms with Gasteiger partial charge in [0.05, 0.1) is 6.04 Å². The van der Waals surface area contributed by atoms with Crippen molar-refractivity contribution in [1.82, 2.24) is 5.32 Å². The second kappa shape index (κ2) is 5.42. The van der Waals surface area contributed by atoms with Crippen molar-refractivity contribution in [2.24, 2.45) is 0 Å². The Morgan fingerprint density at radius 2 is 2.14 bits per heavy atom. The van der Waals surface area contributed by atoms with E-state index in [0.29, 0.717) is 12.7 Å². The maximum atomic E-state index is 11.2. The number of hydrogen-bond acceptors (Lipinski definition) is 3. The van der Waals surface area contributed by atoms with Crippen molar-refractivity contribution in [2.45, 2.75) is 38.8 Å². The van der Waals surface area contributed by atoms with Crippen molar-refractivity contribution in [3.05, 3.63) is 12.7 Å². The normalized spacial score (nSPS) is 12.8. The summed E-state index contributed by atoms with van der Waals surface area (Å²) in [4.78, 5) is 21.7. The van der Waals surface area contributed by atoms with Gasteiger partial charge in [-0.1, -0.05) is 6.08 Å². The van der Waals surface area contributed by atoms with E-state index in [0.717, 1.165) is 0 Å². The lowest BCUT2D eigenvalue weighted by molar-refractivity contribution is -0.109. The number of hydrogen-bond donors (Lipinski definition) is 1.